The molecular weight excluding hydrogens is 334 g/mol. The van der Waals surface area contributed by atoms with Crippen LogP contribution in [0.1, 0.15) is 31.7 Å². The van der Waals surface area contributed by atoms with Crippen molar-refractivity contribution in [2.45, 2.75) is 37.8 Å². The number of rotatable bonds is 2. The van der Waals surface area contributed by atoms with Gasteiger partial charge in [-0.1, -0.05) is 6.07 Å². The van der Waals surface area contributed by atoms with Crippen molar-refractivity contribution in [2.24, 2.45) is 12.8 Å². The molecule has 0 radical (unpaired) electrons. The van der Waals surface area contributed by atoms with Gasteiger partial charge in [-0.05, 0) is 31.4 Å². The molecule has 0 saturated carbocycles. The normalized spacial score (nSPS) is 22.1. The summed E-state index contributed by atoms with van der Waals surface area (Å²) in [5.41, 5.74) is 8.30. The zero-order valence-electron chi connectivity index (χ0n) is 14.8. The summed E-state index contributed by atoms with van der Waals surface area (Å²) in [5.74, 6) is -0.699. The van der Waals surface area contributed by atoms with Crippen LogP contribution in [0.3, 0.4) is 0 Å². The number of imidazole rings is 1. The summed E-state index contributed by atoms with van der Waals surface area (Å²) in [6.07, 6.45) is 2.41. The molecule has 1 unspecified atom stereocenters. The molecular formula is C18H23N5O3. The molecule has 2 fully saturated rings. The number of amides is 2. The number of aromatic nitrogens is 2. The number of nitrogens with two attached hydrogens (primary N) is 1. The van der Waals surface area contributed by atoms with Gasteiger partial charge in [0.05, 0.1) is 16.7 Å². The van der Waals surface area contributed by atoms with E-state index >= 15 is 0 Å². The number of piperidine rings is 2. The summed E-state index contributed by atoms with van der Waals surface area (Å²) in [4.78, 5) is 38.9. The number of carbonyl (C=O) groups excluding carboxylic acids is 2. The lowest BCUT2D eigenvalue weighted by atomic mass is 10.0. The molecule has 0 aliphatic carbocycles. The maximum Gasteiger partial charge on any atom is 0.329 e. The predicted octanol–water partition coefficient (Wildman–Crippen LogP) is 0.245. The second kappa shape index (κ2) is 6.28. The Morgan fingerprint density at radius 2 is 1.85 bits per heavy atom. The maximum absolute atomic E-state index is 12.9. The van der Waals surface area contributed by atoms with Crippen molar-refractivity contribution in [3.63, 3.8) is 0 Å². The largest absolute Gasteiger partial charge is 0.370 e. The van der Waals surface area contributed by atoms with Crippen LogP contribution in [0.4, 0.5) is 5.69 Å². The van der Waals surface area contributed by atoms with Gasteiger partial charge in [-0.2, -0.15) is 0 Å². The summed E-state index contributed by atoms with van der Waals surface area (Å²) < 4.78 is 3.12. The zero-order valence-corrected chi connectivity index (χ0v) is 14.8. The number of hydrogen-bond donors (Lipinski definition) is 2. The third-order valence-corrected chi connectivity index (χ3v) is 5.48. The van der Waals surface area contributed by atoms with Crippen molar-refractivity contribution in [1.29, 1.82) is 0 Å². The maximum atomic E-state index is 12.9. The lowest BCUT2D eigenvalue weighted by molar-refractivity contribution is -0.135. The first-order valence-corrected chi connectivity index (χ1v) is 9.01. The molecule has 1 atom stereocenters. The third-order valence-electron chi connectivity index (χ3n) is 5.48. The lowest BCUT2D eigenvalue weighted by Gasteiger charge is -2.32. The summed E-state index contributed by atoms with van der Waals surface area (Å²) in [6, 6.07) is 5.34. The first-order valence-electron chi connectivity index (χ1n) is 9.01. The molecule has 2 aliphatic heterocycles. The van der Waals surface area contributed by atoms with Crippen LogP contribution >= 0.6 is 0 Å². The van der Waals surface area contributed by atoms with Crippen LogP contribution in [0, 0.1) is 0 Å². The number of fused-ring (bicyclic) bond motifs is 1. The van der Waals surface area contributed by atoms with Gasteiger partial charge in [-0.3, -0.25) is 24.0 Å². The minimum atomic E-state index is -0.658. The number of para-hydroxylation sites is 1. The molecule has 4 rings (SSSR count). The first-order chi connectivity index (χ1) is 12.5. The van der Waals surface area contributed by atoms with Gasteiger partial charge < -0.3 is 10.6 Å². The molecule has 1 aromatic heterocycles. The van der Waals surface area contributed by atoms with Gasteiger partial charge in [-0.15, -0.1) is 0 Å². The van der Waals surface area contributed by atoms with Gasteiger partial charge in [0.1, 0.15) is 6.04 Å². The second-order valence-electron chi connectivity index (χ2n) is 7.15. The van der Waals surface area contributed by atoms with E-state index in [2.05, 4.69) is 10.2 Å². The number of nitrogens with one attached hydrogen (secondary N) is 1. The highest BCUT2D eigenvalue weighted by Gasteiger charge is 2.32. The van der Waals surface area contributed by atoms with Crippen LogP contribution in [-0.2, 0) is 16.6 Å². The van der Waals surface area contributed by atoms with Gasteiger partial charge in [-0.25, -0.2) is 4.79 Å². The third kappa shape index (κ3) is 2.61. The van der Waals surface area contributed by atoms with Gasteiger partial charge in [0, 0.05) is 32.6 Å². The summed E-state index contributed by atoms with van der Waals surface area (Å²) in [6.45, 7) is 1.69. The van der Waals surface area contributed by atoms with E-state index in [4.69, 9.17) is 5.73 Å². The highest BCUT2D eigenvalue weighted by Crippen LogP contribution is 2.30. The fourth-order valence-electron chi connectivity index (χ4n) is 4.04. The van der Waals surface area contributed by atoms with Crippen molar-refractivity contribution >= 4 is 28.5 Å². The van der Waals surface area contributed by atoms with E-state index in [0.29, 0.717) is 6.42 Å². The standard InChI is InChI=1S/C18H23N5O3/c1-21-16-12(22-9-7-11(19)8-10-22)3-2-4-13(16)23(18(21)26)14-5-6-15(24)20-17(14)25/h2-4,11,14H,5-10,19H2,1H3,(H,20,24,25). The quantitative estimate of drug-likeness (QED) is 0.750. The second-order valence-corrected chi connectivity index (χ2v) is 7.15. The molecule has 138 valence electrons. The van der Waals surface area contributed by atoms with E-state index in [0.717, 1.165) is 42.7 Å². The van der Waals surface area contributed by atoms with Crippen molar-refractivity contribution in [2.75, 3.05) is 18.0 Å². The average Bonchev–Trinajstić information content (AvgIpc) is 2.87. The number of imide groups is 1. The van der Waals surface area contributed by atoms with Crippen LogP contribution in [-0.4, -0.2) is 40.1 Å². The Balaban J connectivity index is 1.83. The predicted molar refractivity (Wildman–Crippen MR) is 98.0 cm³/mol. The van der Waals surface area contributed by atoms with Crippen molar-refractivity contribution in [3.05, 3.63) is 28.7 Å². The first kappa shape index (κ1) is 16.8. The molecule has 2 aliphatic rings. The molecule has 2 aromatic rings. The molecule has 8 heteroatoms. The Labute approximate surface area is 150 Å². The average molecular weight is 357 g/mol. The van der Waals surface area contributed by atoms with Crippen molar-refractivity contribution in [1.82, 2.24) is 14.5 Å². The molecule has 3 N–H and O–H groups in total. The fourth-order valence-corrected chi connectivity index (χ4v) is 4.04. The van der Waals surface area contributed by atoms with Crippen LogP contribution in [0.2, 0.25) is 0 Å². The Bertz CT molecular complexity index is 936. The van der Waals surface area contributed by atoms with E-state index < -0.39 is 11.9 Å². The van der Waals surface area contributed by atoms with Gasteiger partial charge in [0.25, 0.3) is 0 Å². The molecule has 3 heterocycles. The molecule has 0 bridgehead atoms. The summed E-state index contributed by atoms with van der Waals surface area (Å²) >= 11 is 0. The summed E-state index contributed by atoms with van der Waals surface area (Å²) in [7, 11) is 1.73. The number of aryl methyl sites for hydroxylation is 1. The van der Waals surface area contributed by atoms with E-state index in [1.807, 2.05) is 18.2 Å². The Kier molecular flexibility index (Phi) is 4.07. The molecule has 2 saturated heterocycles. The van der Waals surface area contributed by atoms with Gasteiger partial charge in [0.15, 0.2) is 0 Å². The van der Waals surface area contributed by atoms with E-state index in [1.165, 1.54) is 4.57 Å². The van der Waals surface area contributed by atoms with E-state index in [1.54, 1.807) is 11.6 Å². The smallest absolute Gasteiger partial charge is 0.329 e. The molecule has 2 amide bonds. The highest BCUT2D eigenvalue weighted by molar-refractivity contribution is 6.00. The summed E-state index contributed by atoms with van der Waals surface area (Å²) in [5, 5.41) is 2.34. The van der Waals surface area contributed by atoms with Gasteiger partial charge in [0.2, 0.25) is 11.8 Å². The molecule has 1 aromatic carbocycles. The number of nitrogens with zero attached hydrogens (tertiary/aromatic N) is 3. The minimum absolute atomic E-state index is 0.224. The number of benzene rings is 1. The van der Waals surface area contributed by atoms with Crippen molar-refractivity contribution in [3.8, 4) is 0 Å². The Morgan fingerprint density at radius 3 is 2.54 bits per heavy atom. The van der Waals surface area contributed by atoms with E-state index in [-0.39, 0.29) is 24.1 Å². The van der Waals surface area contributed by atoms with Crippen LogP contribution in [0.15, 0.2) is 23.0 Å². The lowest BCUT2D eigenvalue weighted by Crippen LogP contribution is -2.44. The van der Waals surface area contributed by atoms with Crippen molar-refractivity contribution < 1.29 is 9.59 Å². The van der Waals surface area contributed by atoms with Crippen LogP contribution in [0.25, 0.3) is 11.0 Å². The number of hydrogen-bond acceptors (Lipinski definition) is 5. The monoisotopic (exact) mass is 357 g/mol. The number of anilines is 1. The van der Waals surface area contributed by atoms with Crippen LogP contribution < -0.4 is 21.6 Å². The Morgan fingerprint density at radius 1 is 1.12 bits per heavy atom. The SMILES string of the molecule is Cn1c(=O)n(C2CCC(=O)NC2=O)c2cccc(N3CCC(N)CC3)c21. The number of carbonyl (C=O) groups is 2. The topological polar surface area (TPSA) is 102 Å². The highest BCUT2D eigenvalue weighted by atomic mass is 16.2. The van der Waals surface area contributed by atoms with Gasteiger partial charge >= 0.3 is 5.69 Å². The van der Waals surface area contributed by atoms with E-state index in [9.17, 15) is 14.4 Å². The zero-order chi connectivity index (χ0) is 18.4. The van der Waals surface area contributed by atoms with Crippen LogP contribution in [0.5, 0.6) is 0 Å². The molecule has 8 nitrogen and oxygen atoms in total. The fraction of sp³-hybridized carbons (Fsp3) is 0.500. The molecule has 26 heavy (non-hydrogen) atoms. The molecule has 0 spiro atoms. The minimum Gasteiger partial charge on any atom is -0.370 e. The Hall–Kier alpha value is -2.61.